The summed E-state index contributed by atoms with van der Waals surface area (Å²) in [5.74, 6) is -0.683. The Bertz CT molecular complexity index is 1260. The van der Waals surface area contributed by atoms with Crippen molar-refractivity contribution in [3.8, 4) is 5.75 Å². The van der Waals surface area contributed by atoms with Gasteiger partial charge in [-0.1, -0.05) is 57.9 Å². The Labute approximate surface area is 197 Å². The highest BCUT2D eigenvalue weighted by molar-refractivity contribution is 9.10. The second-order valence-electron chi connectivity index (χ2n) is 6.69. The van der Waals surface area contributed by atoms with Gasteiger partial charge in [0.25, 0.3) is 0 Å². The second-order valence-corrected chi connectivity index (χ2v) is 8.04. The molecule has 4 rings (SSSR count). The third-order valence-corrected chi connectivity index (χ3v) is 5.15. The number of carbonyl (C=O) groups is 2. The predicted molar refractivity (Wildman–Crippen MR) is 128 cm³/mol. The molecule has 158 valence electrons. The molecule has 5 nitrogen and oxygen atoms in total. The molecule has 0 spiro atoms. The summed E-state index contributed by atoms with van der Waals surface area (Å²) in [5, 5.41) is 0.519. The summed E-state index contributed by atoms with van der Waals surface area (Å²) in [6.45, 7) is 0. The fraction of sp³-hybridized carbons (Fsp3) is 0. The number of esters is 2. The zero-order chi connectivity index (χ0) is 22.5. The van der Waals surface area contributed by atoms with Crippen LogP contribution in [0.2, 0.25) is 5.02 Å². The maximum absolute atomic E-state index is 12.5. The van der Waals surface area contributed by atoms with Crippen LogP contribution in [-0.4, -0.2) is 17.8 Å². The number of carbonyl (C=O) groups excluding carboxylic acids is 2. The summed E-state index contributed by atoms with van der Waals surface area (Å²) in [5.41, 5.74) is 1.89. The van der Waals surface area contributed by atoms with Crippen LogP contribution in [0.5, 0.6) is 5.75 Å². The average Bonchev–Trinajstić information content (AvgIpc) is 3.14. The molecule has 0 amide bonds. The highest BCUT2D eigenvalue weighted by atomic mass is 79.9. The molecule has 0 aromatic heterocycles. The van der Waals surface area contributed by atoms with E-state index in [1.54, 1.807) is 54.6 Å². The fourth-order valence-corrected chi connectivity index (χ4v) is 3.35. The number of ether oxygens (including phenoxy) is 2. The first-order valence-electron chi connectivity index (χ1n) is 9.51. The average molecular weight is 509 g/mol. The number of halogens is 2. The van der Waals surface area contributed by atoms with Gasteiger partial charge in [0, 0.05) is 21.1 Å². The Kier molecular flexibility index (Phi) is 6.63. The monoisotopic (exact) mass is 507 g/mol. The van der Waals surface area contributed by atoms with Gasteiger partial charge in [-0.05, 0) is 60.2 Å². The molecule has 0 bridgehead atoms. The fourth-order valence-electron chi connectivity index (χ4n) is 2.85. The topological polar surface area (TPSA) is 65.0 Å². The number of nitrogens with zero attached hydrogens (tertiary/aromatic N) is 1. The zero-order valence-electron chi connectivity index (χ0n) is 16.5. The minimum atomic E-state index is -0.590. The highest BCUT2D eigenvalue weighted by Crippen LogP contribution is 2.28. The van der Waals surface area contributed by atoms with Crippen LogP contribution in [0, 0.1) is 0 Å². The lowest BCUT2D eigenvalue weighted by atomic mass is 10.1. The zero-order valence-corrected chi connectivity index (χ0v) is 18.8. The first kappa shape index (κ1) is 21.7. The summed E-state index contributed by atoms with van der Waals surface area (Å²) in [6.07, 6.45) is 4.94. The number of benzene rings is 3. The van der Waals surface area contributed by atoms with Crippen molar-refractivity contribution in [2.24, 2.45) is 4.99 Å². The molecule has 1 aliphatic heterocycles. The van der Waals surface area contributed by atoms with E-state index in [1.807, 2.05) is 30.3 Å². The van der Waals surface area contributed by atoms with Crippen molar-refractivity contribution >= 4 is 57.5 Å². The third kappa shape index (κ3) is 5.41. The highest BCUT2D eigenvalue weighted by Gasteiger charge is 2.22. The van der Waals surface area contributed by atoms with Crippen LogP contribution in [0.1, 0.15) is 21.5 Å². The van der Waals surface area contributed by atoms with Crippen molar-refractivity contribution in [1.82, 2.24) is 0 Å². The Balaban J connectivity index is 1.59. The smallest absolute Gasteiger partial charge is 0.363 e. The summed E-state index contributed by atoms with van der Waals surface area (Å²) in [4.78, 5) is 29.1. The Morgan fingerprint density at radius 3 is 2.50 bits per heavy atom. The van der Waals surface area contributed by atoms with Crippen LogP contribution in [0.3, 0.4) is 0 Å². The predicted octanol–water partition coefficient (Wildman–Crippen LogP) is 6.33. The van der Waals surface area contributed by atoms with Crippen LogP contribution in [0.15, 0.2) is 94.0 Å². The van der Waals surface area contributed by atoms with Gasteiger partial charge >= 0.3 is 11.9 Å². The molecule has 0 atom stereocenters. The van der Waals surface area contributed by atoms with E-state index in [1.165, 1.54) is 6.08 Å². The van der Waals surface area contributed by atoms with Gasteiger partial charge in [-0.3, -0.25) is 0 Å². The standard InChI is InChI=1S/C25H15BrClNO4/c26-19-9-12-22(31-24(29)17-7-10-20(27)11-8-17)18(14-19)15-21-25(30)32-23(28-21)13-6-16-4-2-1-3-5-16/h1-15H/b13-6+,21-15+. The molecule has 3 aromatic rings. The summed E-state index contributed by atoms with van der Waals surface area (Å²) < 4.78 is 11.5. The third-order valence-electron chi connectivity index (χ3n) is 4.40. The molecule has 0 radical (unpaired) electrons. The van der Waals surface area contributed by atoms with Gasteiger partial charge in [-0.2, -0.15) is 0 Å². The van der Waals surface area contributed by atoms with Crippen molar-refractivity contribution in [1.29, 1.82) is 0 Å². The van der Waals surface area contributed by atoms with Crippen LogP contribution in [-0.2, 0) is 9.53 Å². The van der Waals surface area contributed by atoms with Gasteiger partial charge in [0.1, 0.15) is 5.75 Å². The van der Waals surface area contributed by atoms with E-state index in [0.29, 0.717) is 16.1 Å². The van der Waals surface area contributed by atoms with Crippen molar-refractivity contribution in [3.63, 3.8) is 0 Å². The molecule has 32 heavy (non-hydrogen) atoms. The number of hydrogen-bond donors (Lipinski definition) is 0. The molecule has 0 saturated carbocycles. The summed E-state index contributed by atoms with van der Waals surface area (Å²) in [7, 11) is 0. The van der Waals surface area contributed by atoms with Gasteiger partial charge in [0.15, 0.2) is 5.70 Å². The SMILES string of the molecule is O=C1OC(/C=C/c2ccccc2)=NC/1=C/c1cc(Br)ccc1OC(=O)c1ccc(Cl)cc1. The van der Waals surface area contributed by atoms with E-state index in [2.05, 4.69) is 20.9 Å². The van der Waals surface area contributed by atoms with Gasteiger partial charge in [0.05, 0.1) is 5.56 Å². The Morgan fingerprint density at radius 1 is 1.00 bits per heavy atom. The van der Waals surface area contributed by atoms with Crippen molar-refractivity contribution in [3.05, 3.63) is 111 Å². The van der Waals surface area contributed by atoms with Crippen LogP contribution in [0.25, 0.3) is 12.2 Å². The number of aliphatic imine (C=N–C) groups is 1. The molecule has 0 fully saturated rings. The maximum atomic E-state index is 12.5. The minimum Gasteiger partial charge on any atom is -0.422 e. The minimum absolute atomic E-state index is 0.0969. The molecular formula is C25H15BrClNO4. The van der Waals surface area contributed by atoms with Gasteiger partial charge in [-0.15, -0.1) is 0 Å². The van der Waals surface area contributed by atoms with E-state index in [4.69, 9.17) is 21.1 Å². The second kappa shape index (κ2) is 9.77. The van der Waals surface area contributed by atoms with Crippen molar-refractivity contribution < 1.29 is 19.1 Å². The quantitative estimate of drug-likeness (QED) is 0.229. The first-order valence-corrected chi connectivity index (χ1v) is 10.7. The van der Waals surface area contributed by atoms with Crippen molar-refractivity contribution in [2.75, 3.05) is 0 Å². The molecule has 0 unspecified atom stereocenters. The molecule has 0 N–H and O–H groups in total. The van der Waals surface area contributed by atoms with E-state index in [-0.39, 0.29) is 17.3 Å². The molecule has 1 aliphatic rings. The van der Waals surface area contributed by atoms with E-state index >= 15 is 0 Å². The van der Waals surface area contributed by atoms with Crippen LogP contribution < -0.4 is 4.74 Å². The maximum Gasteiger partial charge on any atom is 0.363 e. The van der Waals surface area contributed by atoms with E-state index in [9.17, 15) is 9.59 Å². The Morgan fingerprint density at radius 2 is 1.75 bits per heavy atom. The number of rotatable bonds is 5. The largest absolute Gasteiger partial charge is 0.422 e. The van der Waals surface area contributed by atoms with Crippen molar-refractivity contribution in [2.45, 2.75) is 0 Å². The molecular weight excluding hydrogens is 494 g/mol. The molecule has 0 saturated heterocycles. The normalized spacial score (nSPS) is 14.5. The summed E-state index contributed by atoms with van der Waals surface area (Å²) >= 11 is 9.27. The van der Waals surface area contributed by atoms with Crippen LogP contribution >= 0.6 is 27.5 Å². The number of hydrogen-bond acceptors (Lipinski definition) is 5. The summed E-state index contributed by atoms with van der Waals surface area (Å²) in [6, 6.07) is 21.0. The lowest BCUT2D eigenvalue weighted by molar-refractivity contribution is -0.129. The van der Waals surface area contributed by atoms with Gasteiger partial charge in [0.2, 0.25) is 5.90 Å². The van der Waals surface area contributed by atoms with Crippen LogP contribution in [0.4, 0.5) is 0 Å². The molecule has 7 heteroatoms. The van der Waals surface area contributed by atoms with Gasteiger partial charge < -0.3 is 9.47 Å². The first-order chi connectivity index (χ1) is 15.5. The molecule has 3 aromatic carbocycles. The van der Waals surface area contributed by atoms with Gasteiger partial charge in [-0.25, -0.2) is 14.6 Å². The van der Waals surface area contributed by atoms with E-state index < -0.39 is 11.9 Å². The lowest BCUT2D eigenvalue weighted by Gasteiger charge is -2.08. The Hall–Kier alpha value is -3.48. The lowest BCUT2D eigenvalue weighted by Crippen LogP contribution is -2.09. The molecule has 1 heterocycles. The van der Waals surface area contributed by atoms with E-state index in [0.717, 1.165) is 10.0 Å². The molecule has 0 aliphatic carbocycles. The number of cyclic esters (lactones) is 1.